The van der Waals surface area contributed by atoms with Gasteiger partial charge in [0.25, 0.3) is 0 Å². The van der Waals surface area contributed by atoms with E-state index in [4.69, 9.17) is 37.1 Å². The number of hydrogen-bond donors (Lipinski definition) is 2. The Bertz CT molecular complexity index is 1320. The third kappa shape index (κ3) is 7.50. The highest BCUT2D eigenvalue weighted by Gasteiger charge is 2.37. The van der Waals surface area contributed by atoms with E-state index in [0.717, 1.165) is 20.0 Å². The van der Waals surface area contributed by atoms with Crippen LogP contribution in [0.4, 0.5) is 0 Å². The number of pyridine rings is 1. The summed E-state index contributed by atoms with van der Waals surface area (Å²) in [6, 6.07) is 9.25. The van der Waals surface area contributed by atoms with Crippen molar-refractivity contribution in [2.75, 3.05) is 20.8 Å². The van der Waals surface area contributed by atoms with E-state index in [2.05, 4.69) is 33.9 Å². The Kier molecular flexibility index (Phi) is 10.6. The van der Waals surface area contributed by atoms with Crippen LogP contribution in [0.2, 0.25) is 28.2 Å². The molecule has 2 heterocycles. The van der Waals surface area contributed by atoms with Gasteiger partial charge in [-0.2, -0.15) is 0 Å². The van der Waals surface area contributed by atoms with Crippen LogP contribution in [-0.4, -0.2) is 45.4 Å². The van der Waals surface area contributed by atoms with E-state index in [9.17, 15) is 15.1 Å². The number of thiophene rings is 1. The summed E-state index contributed by atoms with van der Waals surface area (Å²) in [6.07, 6.45) is 3.58. The number of benzene rings is 1. The topological polar surface area (TPSA) is 89.1 Å². The standard InChI is InChI=1S/C29H37Cl2NO6SSi/c1-29(2,3)40(6,7)38-13-12-19-9-11-26(39-19)27(28(33)34)20(15-21-22(30)16-32(35)17-23(21)31)18-8-10-24(36-4)25(14-18)37-5/h8-11,14,16-17,20,27H,12-13,15H2,1-7H3,(H-,33,34,35)/p+1/t20-,27?/m1/s1. The first-order chi connectivity index (χ1) is 18.7. The molecule has 11 heteroatoms. The molecule has 0 aliphatic carbocycles. The fraction of sp³-hybridized carbons (Fsp3) is 0.448. The number of carboxylic acid groups (broad SMARTS) is 1. The average Bonchev–Trinajstić information content (AvgIpc) is 3.31. The number of carbonyl (C=O) groups is 1. The second kappa shape index (κ2) is 13.1. The van der Waals surface area contributed by atoms with Crippen LogP contribution in [0, 0.1) is 0 Å². The number of aromatic nitrogens is 1. The number of aliphatic carboxylic acids is 1. The second-order valence-electron chi connectivity index (χ2n) is 11.2. The van der Waals surface area contributed by atoms with Gasteiger partial charge in [-0.3, -0.25) is 10.0 Å². The summed E-state index contributed by atoms with van der Waals surface area (Å²) in [5.74, 6) is -1.40. The summed E-state index contributed by atoms with van der Waals surface area (Å²) in [5, 5.41) is 21.0. The van der Waals surface area contributed by atoms with Gasteiger partial charge in [0.1, 0.15) is 10.0 Å². The molecule has 0 aliphatic rings. The predicted molar refractivity (Wildman–Crippen MR) is 161 cm³/mol. The van der Waals surface area contributed by atoms with E-state index in [0.29, 0.717) is 30.1 Å². The molecule has 0 bridgehead atoms. The molecular weight excluding hydrogens is 589 g/mol. The predicted octanol–water partition coefficient (Wildman–Crippen LogP) is 7.36. The third-order valence-corrected chi connectivity index (χ3v) is 14.0. The highest BCUT2D eigenvalue weighted by atomic mass is 35.5. The Morgan fingerprint density at radius 1 is 1.05 bits per heavy atom. The maximum atomic E-state index is 12.9. The molecule has 1 aromatic carbocycles. The molecule has 0 spiro atoms. The van der Waals surface area contributed by atoms with E-state index in [-0.39, 0.29) is 21.5 Å². The quantitative estimate of drug-likeness (QED) is 0.124. The number of ether oxygens (including phenoxy) is 2. The molecular formula is C29H38Cl2NO6SSi+. The van der Waals surface area contributed by atoms with Gasteiger partial charge in [-0.15, -0.1) is 11.3 Å². The van der Waals surface area contributed by atoms with E-state index < -0.39 is 26.1 Å². The minimum atomic E-state index is -1.88. The summed E-state index contributed by atoms with van der Waals surface area (Å²) in [5.41, 5.74) is 1.27. The number of methoxy groups -OCH3 is 2. The third-order valence-electron chi connectivity index (χ3n) is 7.60. The number of rotatable bonds is 12. The van der Waals surface area contributed by atoms with Crippen LogP contribution in [0.15, 0.2) is 42.7 Å². The molecule has 0 saturated carbocycles. The van der Waals surface area contributed by atoms with Gasteiger partial charge in [0, 0.05) is 39.0 Å². The number of carboxylic acids is 1. The number of nitrogens with zero attached hydrogens (tertiary/aromatic N) is 1. The molecule has 0 aliphatic heterocycles. The summed E-state index contributed by atoms with van der Waals surface area (Å²) in [4.78, 5) is 14.7. The van der Waals surface area contributed by atoms with Gasteiger partial charge in [0.2, 0.25) is 12.4 Å². The maximum Gasteiger partial charge on any atom is 0.312 e. The Morgan fingerprint density at radius 2 is 1.68 bits per heavy atom. The van der Waals surface area contributed by atoms with Gasteiger partial charge < -0.3 is 19.0 Å². The van der Waals surface area contributed by atoms with Crippen molar-refractivity contribution in [3.63, 3.8) is 0 Å². The van der Waals surface area contributed by atoms with Crippen molar-refractivity contribution in [2.45, 2.75) is 63.6 Å². The minimum absolute atomic E-state index is 0.115. The van der Waals surface area contributed by atoms with E-state index in [1.165, 1.54) is 30.8 Å². The van der Waals surface area contributed by atoms with Gasteiger partial charge in [-0.25, -0.2) is 0 Å². The lowest BCUT2D eigenvalue weighted by molar-refractivity contribution is -0.904. The smallest absolute Gasteiger partial charge is 0.312 e. The van der Waals surface area contributed by atoms with Crippen LogP contribution in [0.25, 0.3) is 0 Å². The molecule has 3 rings (SSSR count). The molecule has 1 unspecified atom stereocenters. The highest BCUT2D eigenvalue weighted by Crippen LogP contribution is 2.43. The monoisotopic (exact) mass is 626 g/mol. The Labute approximate surface area is 251 Å². The van der Waals surface area contributed by atoms with Crippen LogP contribution in [0.1, 0.15) is 53.5 Å². The zero-order chi connectivity index (χ0) is 29.8. The van der Waals surface area contributed by atoms with Crippen LogP contribution in [0.5, 0.6) is 11.5 Å². The van der Waals surface area contributed by atoms with E-state index in [1.807, 2.05) is 18.2 Å². The lowest BCUT2D eigenvalue weighted by atomic mass is 9.80. The minimum Gasteiger partial charge on any atom is -0.493 e. The molecule has 40 heavy (non-hydrogen) atoms. The van der Waals surface area contributed by atoms with Gasteiger partial charge in [-0.1, -0.05) is 50.0 Å². The second-order valence-corrected chi connectivity index (χ2v) is 18.0. The van der Waals surface area contributed by atoms with Crippen LogP contribution in [0.3, 0.4) is 0 Å². The maximum absolute atomic E-state index is 12.9. The first-order valence-electron chi connectivity index (χ1n) is 12.9. The van der Waals surface area contributed by atoms with Crippen molar-refractivity contribution in [1.82, 2.24) is 0 Å². The lowest BCUT2D eigenvalue weighted by Gasteiger charge is -2.36. The van der Waals surface area contributed by atoms with Crippen molar-refractivity contribution in [3.05, 3.63) is 73.7 Å². The van der Waals surface area contributed by atoms with Crippen LogP contribution in [-0.2, 0) is 22.1 Å². The molecule has 2 atom stereocenters. The fourth-order valence-electron chi connectivity index (χ4n) is 4.28. The van der Waals surface area contributed by atoms with Gasteiger partial charge in [0.05, 0.1) is 20.1 Å². The molecule has 0 amide bonds. The normalized spacial score (nSPS) is 13.6. The van der Waals surface area contributed by atoms with Crippen molar-refractivity contribution in [1.29, 1.82) is 0 Å². The lowest BCUT2D eigenvalue weighted by Crippen LogP contribution is -2.41. The van der Waals surface area contributed by atoms with Crippen LogP contribution < -0.4 is 14.2 Å². The molecule has 2 aromatic heterocycles. The zero-order valence-electron chi connectivity index (χ0n) is 24.0. The Balaban J connectivity index is 2.00. The first kappa shape index (κ1) is 32.2. The highest BCUT2D eigenvalue weighted by molar-refractivity contribution is 7.12. The van der Waals surface area contributed by atoms with Gasteiger partial charge >= 0.3 is 5.97 Å². The van der Waals surface area contributed by atoms with Crippen LogP contribution >= 0.6 is 34.5 Å². The molecule has 218 valence electrons. The molecule has 0 radical (unpaired) electrons. The Morgan fingerprint density at radius 3 is 2.23 bits per heavy atom. The molecule has 0 fully saturated rings. The van der Waals surface area contributed by atoms with Crippen molar-refractivity contribution >= 4 is 48.8 Å². The summed E-state index contributed by atoms with van der Waals surface area (Å²) in [6.45, 7) is 11.7. The van der Waals surface area contributed by atoms with Gasteiger partial charge in [0.15, 0.2) is 19.8 Å². The average molecular weight is 628 g/mol. The number of hydrogen-bond acceptors (Lipinski definition) is 6. The van der Waals surface area contributed by atoms with Crippen molar-refractivity contribution in [2.24, 2.45) is 0 Å². The van der Waals surface area contributed by atoms with E-state index >= 15 is 0 Å². The Hall–Kier alpha value is -2.30. The van der Waals surface area contributed by atoms with Gasteiger partial charge in [-0.05, 0) is 54.4 Å². The van der Waals surface area contributed by atoms with Crippen molar-refractivity contribution in [3.8, 4) is 11.5 Å². The summed E-state index contributed by atoms with van der Waals surface area (Å²) in [7, 11) is 1.20. The summed E-state index contributed by atoms with van der Waals surface area (Å²) < 4.78 is 18.0. The zero-order valence-corrected chi connectivity index (χ0v) is 27.3. The SMILES string of the molecule is COc1ccc([C@@H](Cc2c(Cl)c[n+](O)cc2Cl)C(C(=O)O)c2ccc(CCO[Si](C)(C)C(C)(C)C)s2)cc1OC. The fourth-order valence-corrected chi connectivity index (χ4v) is 7.08. The van der Waals surface area contributed by atoms with Crippen molar-refractivity contribution < 1.29 is 33.7 Å². The molecule has 0 saturated heterocycles. The number of halogens is 2. The van der Waals surface area contributed by atoms with E-state index in [1.54, 1.807) is 19.2 Å². The molecule has 3 aromatic rings. The molecule has 7 nitrogen and oxygen atoms in total. The molecule has 2 N–H and O–H groups in total. The largest absolute Gasteiger partial charge is 0.493 e. The first-order valence-corrected chi connectivity index (χ1v) is 17.4. The summed E-state index contributed by atoms with van der Waals surface area (Å²) >= 11 is 14.4.